The van der Waals surface area contributed by atoms with E-state index in [0.717, 1.165) is 23.6 Å². The zero-order valence-electron chi connectivity index (χ0n) is 19.9. The summed E-state index contributed by atoms with van der Waals surface area (Å²) in [4.78, 5) is 23.9. The first-order valence-corrected chi connectivity index (χ1v) is 12.4. The molecule has 0 spiro atoms. The number of amides is 2. The van der Waals surface area contributed by atoms with Gasteiger partial charge < -0.3 is 10.4 Å². The van der Waals surface area contributed by atoms with Crippen LogP contribution in [0.2, 0.25) is 0 Å². The Bertz CT molecular complexity index is 895. The van der Waals surface area contributed by atoms with Crippen LogP contribution >= 0.6 is 0 Å². The van der Waals surface area contributed by atoms with Crippen LogP contribution in [0.4, 0.5) is 0 Å². The SMILES string of the molecule is CCCCCCCCCCCCCC(=O)NCC(=O)N/N=C/c1c(O)ccc2ccccc12. The fourth-order valence-electron chi connectivity index (χ4n) is 3.85. The zero-order chi connectivity index (χ0) is 23.7. The van der Waals surface area contributed by atoms with Gasteiger partial charge in [0.25, 0.3) is 5.91 Å². The van der Waals surface area contributed by atoms with E-state index in [4.69, 9.17) is 0 Å². The summed E-state index contributed by atoms with van der Waals surface area (Å²) in [5.41, 5.74) is 2.93. The van der Waals surface area contributed by atoms with E-state index in [1.807, 2.05) is 30.3 Å². The summed E-state index contributed by atoms with van der Waals surface area (Å²) in [7, 11) is 0. The van der Waals surface area contributed by atoms with Crippen molar-refractivity contribution in [3.63, 3.8) is 0 Å². The Morgan fingerprint density at radius 3 is 2.18 bits per heavy atom. The van der Waals surface area contributed by atoms with Crippen LogP contribution < -0.4 is 10.7 Å². The number of phenolic OH excluding ortho intramolecular Hbond substituents is 1. The predicted molar refractivity (Wildman–Crippen MR) is 135 cm³/mol. The third kappa shape index (κ3) is 10.5. The summed E-state index contributed by atoms with van der Waals surface area (Å²) in [6, 6.07) is 11.0. The second-order valence-electron chi connectivity index (χ2n) is 8.57. The lowest BCUT2D eigenvalue weighted by Crippen LogP contribution is -2.34. The van der Waals surface area contributed by atoms with E-state index in [1.165, 1.54) is 64.0 Å². The van der Waals surface area contributed by atoms with E-state index in [2.05, 4.69) is 22.8 Å². The molecule has 2 rings (SSSR count). The van der Waals surface area contributed by atoms with E-state index in [9.17, 15) is 14.7 Å². The number of nitrogens with zero attached hydrogens (tertiary/aromatic N) is 1. The Balaban J connectivity index is 1.54. The molecule has 0 aromatic heterocycles. The van der Waals surface area contributed by atoms with Gasteiger partial charge in [-0.15, -0.1) is 0 Å². The molecule has 0 fully saturated rings. The molecular formula is C27H39N3O3. The van der Waals surface area contributed by atoms with Gasteiger partial charge in [0.05, 0.1) is 12.8 Å². The normalized spacial score (nSPS) is 11.2. The Kier molecular flexibility index (Phi) is 12.7. The molecule has 0 unspecified atom stereocenters. The number of fused-ring (bicyclic) bond motifs is 1. The maximum atomic E-state index is 11.9. The topological polar surface area (TPSA) is 90.8 Å². The number of carbonyl (C=O) groups is 2. The number of hydrazone groups is 1. The van der Waals surface area contributed by atoms with Gasteiger partial charge in [0.15, 0.2) is 0 Å². The van der Waals surface area contributed by atoms with Gasteiger partial charge in [-0.1, -0.05) is 101 Å². The lowest BCUT2D eigenvalue weighted by Gasteiger charge is -2.06. The van der Waals surface area contributed by atoms with Crippen LogP contribution in [-0.4, -0.2) is 29.7 Å². The molecule has 0 bridgehead atoms. The van der Waals surface area contributed by atoms with Gasteiger partial charge in [-0.05, 0) is 23.3 Å². The number of hydrogen-bond donors (Lipinski definition) is 3. The van der Waals surface area contributed by atoms with E-state index < -0.39 is 5.91 Å². The third-order valence-corrected chi connectivity index (χ3v) is 5.78. The molecule has 0 aliphatic heterocycles. The molecular weight excluding hydrogens is 414 g/mol. The van der Waals surface area contributed by atoms with Crippen LogP contribution in [0.5, 0.6) is 5.75 Å². The number of benzene rings is 2. The molecule has 6 heteroatoms. The summed E-state index contributed by atoms with van der Waals surface area (Å²) in [5.74, 6) is -0.429. The Morgan fingerprint density at radius 2 is 1.48 bits per heavy atom. The minimum Gasteiger partial charge on any atom is -0.507 e. The average molecular weight is 454 g/mol. The Labute approximate surface area is 197 Å². The first-order chi connectivity index (χ1) is 16.1. The van der Waals surface area contributed by atoms with Crippen molar-refractivity contribution in [1.29, 1.82) is 0 Å². The quantitative estimate of drug-likeness (QED) is 0.170. The number of carbonyl (C=O) groups excluding carboxylic acids is 2. The first kappa shape index (κ1) is 26.4. The van der Waals surface area contributed by atoms with Crippen molar-refractivity contribution < 1.29 is 14.7 Å². The van der Waals surface area contributed by atoms with Gasteiger partial charge in [-0.25, -0.2) is 5.43 Å². The van der Waals surface area contributed by atoms with Crippen LogP contribution in [0.15, 0.2) is 41.5 Å². The van der Waals surface area contributed by atoms with Crippen molar-refractivity contribution in [3.8, 4) is 5.75 Å². The molecule has 180 valence electrons. The molecule has 2 aromatic carbocycles. The molecule has 0 aliphatic carbocycles. The molecule has 0 heterocycles. The molecule has 2 aromatic rings. The number of phenols is 1. The smallest absolute Gasteiger partial charge is 0.259 e. The second kappa shape index (κ2) is 15.8. The molecule has 2 amide bonds. The van der Waals surface area contributed by atoms with E-state index in [0.29, 0.717) is 12.0 Å². The van der Waals surface area contributed by atoms with Crippen molar-refractivity contribution in [2.45, 2.75) is 84.0 Å². The molecule has 0 radical (unpaired) electrons. The fraction of sp³-hybridized carbons (Fsp3) is 0.519. The average Bonchev–Trinajstić information content (AvgIpc) is 2.82. The van der Waals surface area contributed by atoms with E-state index in [-0.39, 0.29) is 18.2 Å². The van der Waals surface area contributed by atoms with Crippen LogP contribution in [0, 0.1) is 0 Å². The maximum absolute atomic E-state index is 11.9. The van der Waals surface area contributed by atoms with Gasteiger partial charge in [-0.3, -0.25) is 9.59 Å². The second-order valence-corrected chi connectivity index (χ2v) is 8.57. The molecule has 0 aliphatic rings. The molecule has 0 atom stereocenters. The van der Waals surface area contributed by atoms with Crippen LogP contribution in [0.1, 0.15) is 89.5 Å². The van der Waals surface area contributed by atoms with Crippen LogP contribution in [-0.2, 0) is 9.59 Å². The van der Waals surface area contributed by atoms with Crippen molar-refractivity contribution in [2.75, 3.05) is 6.54 Å². The van der Waals surface area contributed by atoms with Crippen molar-refractivity contribution in [3.05, 3.63) is 42.0 Å². The Morgan fingerprint density at radius 1 is 0.848 bits per heavy atom. The van der Waals surface area contributed by atoms with Crippen molar-refractivity contribution in [2.24, 2.45) is 5.10 Å². The van der Waals surface area contributed by atoms with Gasteiger partial charge in [0.2, 0.25) is 5.91 Å². The summed E-state index contributed by atoms with van der Waals surface area (Å²) in [6.45, 7) is 2.13. The monoisotopic (exact) mass is 453 g/mol. The predicted octanol–water partition coefficient (Wildman–Crippen LogP) is 5.81. The number of nitrogens with one attached hydrogen (secondary N) is 2. The molecule has 0 saturated heterocycles. The summed E-state index contributed by atoms with van der Waals surface area (Å²) in [6.07, 6.45) is 15.5. The molecule has 3 N–H and O–H groups in total. The summed E-state index contributed by atoms with van der Waals surface area (Å²) >= 11 is 0. The lowest BCUT2D eigenvalue weighted by atomic mass is 10.0. The van der Waals surface area contributed by atoms with Crippen LogP contribution in [0.25, 0.3) is 10.8 Å². The minimum atomic E-state index is -0.404. The van der Waals surface area contributed by atoms with Crippen LogP contribution in [0.3, 0.4) is 0 Å². The number of aromatic hydroxyl groups is 1. The molecule has 33 heavy (non-hydrogen) atoms. The summed E-state index contributed by atoms with van der Waals surface area (Å²) in [5, 5.41) is 18.5. The number of unbranched alkanes of at least 4 members (excludes halogenated alkanes) is 10. The largest absolute Gasteiger partial charge is 0.507 e. The van der Waals surface area contributed by atoms with Crippen molar-refractivity contribution >= 4 is 28.8 Å². The minimum absolute atomic E-state index is 0.0898. The Hall–Kier alpha value is -2.89. The highest BCUT2D eigenvalue weighted by Crippen LogP contribution is 2.25. The van der Waals surface area contributed by atoms with Gasteiger partial charge in [-0.2, -0.15) is 5.10 Å². The van der Waals surface area contributed by atoms with Gasteiger partial charge in [0, 0.05) is 12.0 Å². The fourth-order valence-corrected chi connectivity index (χ4v) is 3.85. The van der Waals surface area contributed by atoms with E-state index in [1.54, 1.807) is 6.07 Å². The zero-order valence-corrected chi connectivity index (χ0v) is 19.9. The lowest BCUT2D eigenvalue weighted by molar-refractivity contribution is -0.126. The van der Waals surface area contributed by atoms with Gasteiger partial charge in [0.1, 0.15) is 5.75 Å². The molecule has 6 nitrogen and oxygen atoms in total. The first-order valence-electron chi connectivity index (χ1n) is 12.4. The summed E-state index contributed by atoms with van der Waals surface area (Å²) < 4.78 is 0. The maximum Gasteiger partial charge on any atom is 0.259 e. The van der Waals surface area contributed by atoms with Gasteiger partial charge >= 0.3 is 0 Å². The number of hydrogen-bond acceptors (Lipinski definition) is 4. The highest BCUT2D eigenvalue weighted by atomic mass is 16.3. The molecule has 0 saturated carbocycles. The van der Waals surface area contributed by atoms with E-state index >= 15 is 0 Å². The standard InChI is InChI=1S/C27H39N3O3/c1-2-3-4-5-6-7-8-9-10-11-12-17-26(32)28-21-27(33)30-29-20-24-23-16-14-13-15-22(23)18-19-25(24)31/h13-16,18-20,31H,2-12,17,21H2,1H3,(H,28,32)(H,30,33)/b29-20+. The highest BCUT2D eigenvalue weighted by Gasteiger charge is 2.06. The highest BCUT2D eigenvalue weighted by molar-refractivity contribution is 6.02. The van der Waals surface area contributed by atoms with Crippen molar-refractivity contribution in [1.82, 2.24) is 10.7 Å². The number of rotatable bonds is 16. The third-order valence-electron chi connectivity index (χ3n) is 5.78.